The molecule has 0 saturated heterocycles. The quantitative estimate of drug-likeness (QED) is 0.784. The zero-order valence-corrected chi connectivity index (χ0v) is 10.1. The highest BCUT2D eigenvalue weighted by molar-refractivity contribution is 9.10. The highest BCUT2D eigenvalue weighted by Crippen LogP contribution is 2.29. The molecule has 0 bridgehead atoms. The first-order valence-electron chi connectivity index (χ1n) is 3.55. The molecule has 1 rings (SSSR count). The molecule has 13 heavy (non-hydrogen) atoms. The summed E-state index contributed by atoms with van der Waals surface area (Å²) in [6.45, 7) is 0. The summed E-state index contributed by atoms with van der Waals surface area (Å²) in [5, 5.41) is 8.69. The van der Waals surface area contributed by atoms with Crippen LogP contribution in [0, 0.1) is 11.3 Å². The number of nitriles is 1. The van der Waals surface area contributed by atoms with Gasteiger partial charge in [-0.3, -0.25) is 0 Å². The summed E-state index contributed by atoms with van der Waals surface area (Å²) in [5.41, 5.74) is 0.883. The van der Waals surface area contributed by atoms with Gasteiger partial charge in [0.25, 0.3) is 0 Å². The normalized spacial score (nSPS) is 11.8. The summed E-state index contributed by atoms with van der Waals surface area (Å²) in [5.74, 6) is 0.740. The average molecular weight is 305 g/mol. The molecule has 0 amide bonds. The van der Waals surface area contributed by atoms with Crippen molar-refractivity contribution < 1.29 is 4.74 Å². The lowest BCUT2D eigenvalue weighted by atomic mass is 10.1. The first-order valence-corrected chi connectivity index (χ1v) is 5.26. The number of hydrogen-bond donors (Lipinski definition) is 0. The maximum atomic E-state index is 8.69. The van der Waals surface area contributed by atoms with Gasteiger partial charge >= 0.3 is 0 Å². The van der Waals surface area contributed by atoms with E-state index in [0.29, 0.717) is 0 Å². The van der Waals surface area contributed by atoms with Crippen LogP contribution in [0.1, 0.15) is 10.4 Å². The topological polar surface area (TPSA) is 33.0 Å². The predicted molar refractivity (Wildman–Crippen MR) is 58.0 cm³/mol. The summed E-state index contributed by atoms with van der Waals surface area (Å²) >= 11 is 6.59. The number of alkyl halides is 1. The minimum atomic E-state index is -0.293. The molecule has 0 fully saturated rings. The molecule has 1 aromatic carbocycles. The van der Waals surface area contributed by atoms with Crippen LogP contribution in [0.25, 0.3) is 0 Å². The molecule has 1 atom stereocenters. The smallest absolute Gasteiger partial charge is 0.126 e. The minimum Gasteiger partial charge on any atom is -0.497 e. The van der Waals surface area contributed by atoms with Crippen LogP contribution in [0.4, 0.5) is 0 Å². The Morgan fingerprint density at radius 3 is 2.69 bits per heavy atom. The average Bonchev–Trinajstić information content (AvgIpc) is 2.15. The summed E-state index contributed by atoms with van der Waals surface area (Å²) in [4.78, 5) is -0.293. The van der Waals surface area contributed by atoms with Crippen LogP contribution in [-0.4, -0.2) is 7.11 Å². The largest absolute Gasteiger partial charge is 0.497 e. The van der Waals surface area contributed by atoms with Gasteiger partial charge in [-0.1, -0.05) is 31.9 Å². The molecular weight excluding hydrogens is 298 g/mol. The van der Waals surface area contributed by atoms with E-state index in [1.807, 2.05) is 18.2 Å². The third kappa shape index (κ3) is 2.71. The number of methoxy groups -OCH3 is 1. The highest BCUT2D eigenvalue weighted by atomic mass is 79.9. The molecule has 1 unspecified atom stereocenters. The molecule has 1 aromatic rings. The third-order valence-corrected chi connectivity index (χ3v) is 2.73. The standard InChI is InChI=1S/C9H7Br2NO/c1-13-8-3-6(9(11)5-12)2-7(10)4-8/h2-4,9H,1H3. The van der Waals surface area contributed by atoms with Gasteiger partial charge in [-0.2, -0.15) is 5.26 Å². The SMILES string of the molecule is COc1cc(Br)cc(C(Br)C#N)c1. The number of rotatable bonds is 2. The number of halogens is 2. The lowest BCUT2D eigenvalue weighted by Crippen LogP contribution is -1.89. The van der Waals surface area contributed by atoms with Crippen LogP contribution in [0.5, 0.6) is 5.75 Å². The molecule has 0 heterocycles. The summed E-state index contributed by atoms with van der Waals surface area (Å²) < 4.78 is 5.97. The molecule has 0 aliphatic heterocycles. The molecule has 0 aliphatic rings. The van der Waals surface area contributed by atoms with Gasteiger partial charge in [0.1, 0.15) is 10.6 Å². The first kappa shape index (κ1) is 10.6. The maximum absolute atomic E-state index is 8.69. The van der Waals surface area contributed by atoms with Crippen LogP contribution in [0.3, 0.4) is 0 Å². The molecule has 0 N–H and O–H groups in total. The first-order chi connectivity index (χ1) is 6.17. The monoisotopic (exact) mass is 303 g/mol. The van der Waals surface area contributed by atoms with Gasteiger partial charge in [0.15, 0.2) is 0 Å². The van der Waals surface area contributed by atoms with E-state index in [2.05, 4.69) is 37.9 Å². The lowest BCUT2D eigenvalue weighted by Gasteiger charge is -2.05. The Morgan fingerprint density at radius 2 is 2.15 bits per heavy atom. The fourth-order valence-corrected chi connectivity index (χ4v) is 1.68. The number of ether oxygens (including phenoxy) is 1. The van der Waals surface area contributed by atoms with Gasteiger partial charge in [0.05, 0.1) is 13.2 Å². The van der Waals surface area contributed by atoms with Crippen molar-refractivity contribution in [2.45, 2.75) is 4.83 Å². The molecule has 68 valence electrons. The Hall–Kier alpha value is -0.530. The van der Waals surface area contributed by atoms with Gasteiger partial charge in [-0.15, -0.1) is 0 Å². The van der Waals surface area contributed by atoms with Crippen molar-refractivity contribution in [3.8, 4) is 11.8 Å². The number of nitrogens with zero attached hydrogens (tertiary/aromatic N) is 1. The highest BCUT2D eigenvalue weighted by Gasteiger charge is 2.07. The van der Waals surface area contributed by atoms with Gasteiger partial charge in [-0.25, -0.2) is 0 Å². The van der Waals surface area contributed by atoms with Crippen molar-refractivity contribution >= 4 is 31.9 Å². The van der Waals surface area contributed by atoms with E-state index in [0.717, 1.165) is 15.8 Å². The summed E-state index contributed by atoms with van der Waals surface area (Å²) in [7, 11) is 1.60. The van der Waals surface area contributed by atoms with Crippen molar-refractivity contribution in [2.24, 2.45) is 0 Å². The Labute approximate surface area is 93.8 Å². The molecule has 4 heteroatoms. The van der Waals surface area contributed by atoms with E-state index < -0.39 is 0 Å². The van der Waals surface area contributed by atoms with Gasteiger partial charge in [-0.05, 0) is 23.8 Å². The van der Waals surface area contributed by atoms with Crippen LogP contribution in [0.15, 0.2) is 22.7 Å². The van der Waals surface area contributed by atoms with Crippen molar-refractivity contribution in [1.82, 2.24) is 0 Å². The van der Waals surface area contributed by atoms with Crippen molar-refractivity contribution in [1.29, 1.82) is 5.26 Å². The Morgan fingerprint density at radius 1 is 1.46 bits per heavy atom. The number of benzene rings is 1. The fourth-order valence-electron chi connectivity index (χ4n) is 0.923. The number of hydrogen-bond acceptors (Lipinski definition) is 2. The van der Waals surface area contributed by atoms with E-state index in [1.165, 1.54) is 0 Å². The lowest BCUT2D eigenvalue weighted by molar-refractivity contribution is 0.414. The van der Waals surface area contributed by atoms with Crippen molar-refractivity contribution in [3.63, 3.8) is 0 Å². The molecule has 0 aliphatic carbocycles. The molecular formula is C9H7Br2NO. The van der Waals surface area contributed by atoms with E-state index in [1.54, 1.807) is 7.11 Å². The van der Waals surface area contributed by atoms with Crippen molar-refractivity contribution in [2.75, 3.05) is 7.11 Å². The fraction of sp³-hybridized carbons (Fsp3) is 0.222. The molecule has 0 spiro atoms. The van der Waals surface area contributed by atoms with Crippen LogP contribution in [0.2, 0.25) is 0 Å². The van der Waals surface area contributed by atoms with Gasteiger partial charge in [0.2, 0.25) is 0 Å². The molecule has 0 saturated carbocycles. The summed E-state index contributed by atoms with van der Waals surface area (Å²) in [6, 6.07) is 7.65. The van der Waals surface area contributed by atoms with E-state index in [-0.39, 0.29) is 4.83 Å². The second-order valence-electron chi connectivity index (χ2n) is 2.42. The van der Waals surface area contributed by atoms with E-state index in [4.69, 9.17) is 10.00 Å². The van der Waals surface area contributed by atoms with Crippen LogP contribution < -0.4 is 4.74 Å². The minimum absolute atomic E-state index is 0.293. The molecule has 2 nitrogen and oxygen atoms in total. The van der Waals surface area contributed by atoms with Crippen LogP contribution in [-0.2, 0) is 0 Å². The van der Waals surface area contributed by atoms with Gasteiger partial charge in [0, 0.05) is 4.47 Å². The van der Waals surface area contributed by atoms with Gasteiger partial charge < -0.3 is 4.74 Å². The third-order valence-electron chi connectivity index (χ3n) is 1.54. The second-order valence-corrected chi connectivity index (χ2v) is 4.25. The maximum Gasteiger partial charge on any atom is 0.126 e. The zero-order chi connectivity index (χ0) is 9.84. The molecule has 0 aromatic heterocycles. The van der Waals surface area contributed by atoms with E-state index in [9.17, 15) is 0 Å². The molecule has 0 radical (unpaired) electrons. The summed E-state index contributed by atoms with van der Waals surface area (Å²) in [6.07, 6.45) is 0. The predicted octanol–water partition coefficient (Wildman–Crippen LogP) is 3.42. The Bertz CT molecular complexity index is 346. The Kier molecular flexibility index (Phi) is 3.76. The van der Waals surface area contributed by atoms with Crippen molar-refractivity contribution in [3.05, 3.63) is 28.2 Å². The van der Waals surface area contributed by atoms with E-state index >= 15 is 0 Å². The second kappa shape index (κ2) is 4.64. The van der Waals surface area contributed by atoms with Crippen LogP contribution >= 0.6 is 31.9 Å². The zero-order valence-electron chi connectivity index (χ0n) is 6.92. The Balaban J connectivity index is 3.10.